The van der Waals surface area contributed by atoms with Crippen molar-refractivity contribution in [1.29, 1.82) is 0 Å². The Balaban J connectivity index is 1.40. The Morgan fingerprint density at radius 2 is 0.756 bits per heavy atom. The van der Waals surface area contributed by atoms with Crippen LogP contribution in [-0.2, 0) is 0 Å². The summed E-state index contributed by atoms with van der Waals surface area (Å²) in [5.74, 6) is 0. The van der Waals surface area contributed by atoms with Gasteiger partial charge < -0.3 is 4.90 Å². The number of hydrogen-bond acceptors (Lipinski definition) is 1. The van der Waals surface area contributed by atoms with Crippen LogP contribution in [0.15, 0.2) is 48.5 Å². The maximum absolute atomic E-state index is 2.81. The maximum atomic E-state index is 2.81. The summed E-state index contributed by atoms with van der Waals surface area (Å²) in [4.78, 5) is 2.81. The van der Waals surface area contributed by atoms with Crippen LogP contribution in [-0.4, -0.2) is 29.2 Å². The van der Waals surface area contributed by atoms with E-state index in [1.54, 1.807) is 22.0 Å². The predicted octanol–water partition coefficient (Wildman–Crippen LogP) is 11.4. The molecule has 4 saturated carbocycles. The Hall–Kier alpha value is -0.900. The monoisotopic (exact) mass is 589 g/mol. The number of benzene rings is 2. The largest absolute Gasteiger partial charge is 0.341 e. The van der Waals surface area contributed by atoms with Gasteiger partial charge in [-0.05, 0) is 93.1 Å². The van der Waals surface area contributed by atoms with E-state index in [0.717, 1.165) is 29.2 Å². The van der Waals surface area contributed by atoms with E-state index in [-0.39, 0.29) is 15.8 Å². The zero-order valence-electron chi connectivity index (χ0n) is 26.1. The lowest BCUT2D eigenvalue weighted by atomic mass is 9.99. The molecule has 4 aliphatic rings. The topological polar surface area (TPSA) is 3.24 Å². The molecule has 0 atom stereocenters. The van der Waals surface area contributed by atoms with Gasteiger partial charge in [0.05, 0.1) is 0 Å². The van der Waals surface area contributed by atoms with Crippen molar-refractivity contribution in [2.75, 3.05) is 11.4 Å². The van der Waals surface area contributed by atoms with Crippen molar-refractivity contribution in [2.45, 2.75) is 158 Å². The highest BCUT2D eigenvalue weighted by molar-refractivity contribution is 7.67. The summed E-state index contributed by atoms with van der Waals surface area (Å²) in [6.45, 7) is 3.51. The molecule has 0 bridgehead atoms. The van der Waals surface area contributed by atoms with Crippen LogP contribution in [0.3, 0.4) is 0 Å². The molecule has 224 valence electrons. The van der Waals surface area contributed by atoms with Gasteiger partial charge >= 0.3 is 0 Å². The molecule has 41 heavy (non-hydrogen) atoms. The number of para-hydroxylation sites is 2. The highest BCUT2D eigenvalue weighted by Gasteiger charge is 2.37. The first kappa shape index (κ1) is 30.1. The average molecular weight is 590 g/mol. The molecule has 0 radical (unpaired) electrons. The number of anilines is 2. The van der Waals surface area contributed by atoms with Crippen LogP contribution < -0.4 is 15.5 Å². The predicted molar refractivity (Wildman–Crippen MR) is 186 cm³/mol. The lowest BCUT2D eigenvalue weighted by Crippen LogP contribution is -2.33. The summed E-state index contributed by atoms with van der Waals surface area (Å²) >= 11 is 0. The number of hydrogen-bond donors (Lipinski definition) is 0. The van der Waals surface area contributed by atoms with E-state index in [2.05, 4.69) is 60.4 Å². The summed E-state index contributed by atoms with van der Waals surface area (Å²) in [7, 11) is -0.254. The lowest BCUT2D eigenvalue weighted by molar-refractivity contribution is 0.487. The van der Waals surface area contributed by atoms with Crippen molar-refractivity contribution in [3.63, 3.8) is 0 Å². The van der Waals surface area contributed by atoms with E-state index >= 15 is 0 Å². The van der Waals surface area contributed by atoms with Crippen molar-refractivity contribution < 1.29 is 0 Å². The van der Waals surface area contributed by atoms with Crippen LogP contribution in [0.2, 0.25) is 0 Å². The third kappa shape index (κ3) is 7.09. The minimum atomic E-state index is -0.127. The van der Waals surface area contributed by atoms with E-state index in [4.69, 9.17) is 0 Å². The van der Waals surface area contributed by atoms with Crippen LogP contribution >= 0.6 is 15.8 Å². The standard InChI is InChI=1S/C38H57NP2/c1-2-39(35-27-15-17-29-37(35)40(31-19-7-3-8-20-31)32-21-9-4-10-22-32)36-28-16-18-30-38(36)41(33-23-11-5-12-24-33)34-25-13-6-14-26-34/h15-18,27-34H,2-14,19-26H2,1H3. The highest BCUT2D eigenvalue weighted by Crippen LogP contribution is 2.58. The van der Waals surface area contributed by atoms with Gasteiger partial charge in [0.25, 0.3) is 0 Å². The Morgan fingerprint density at radius 3 is 1.05 bits per heavy atom. The van der Waals surface area contributed by atoms with Crippen molar-refractivity contribution in [3.05, 3.63) is 48.5 Å². The van der Waals surface area contributed by atoms with Gasteiger partial charge in [-0.3, -0.25) is 0 Å². The van der Waals surface area contributed by atoms with Gasteiger partial charge in [0.1, 0.15) is 0 Å². The molecule has 0 spiro atoms. The van der Waals surface area contributed by atoms with Crippen LogP contribution in [0.4, 0.5) is 11.4 Å². The zero-order valence-corrected chi connectivity index (χ0v) is 27.9. The first-order chi connectivity index (χ1) is 20.3. The van der Waals surface area contributed by atoms with Crippen molar-refractivity contribution in [3.8, 4) is 0 Å². The number of rotatable bonds is 9. The summed E-state index contributed by atoms with van der Waals surface area (Å²) in [6.07, 6.45) is 29.4. The fourth-order valence-corrected chi connectivity index (χ4v) is 17.0. The molecule has 0 heterocycles. The molecular formula is C38H57NP2. The van der Waals surface area contributed by atoms with Gasteiger partial charge in [-0.25, -0.2) is 0 Å². The smallest absolute Gasteiger partial charge is 0.0489 e. The normalized spacial score (nSPS) is 22.4. The van der Waals surface area contributed by atoms with Gasteiger partial charge in [0.2, 0.25) is 0 Å². The Bertz CT molecular complexity index is 940. The molecule has 0 N–H and O–H groups in total. The van der Waals surface area contributed by atoms with Gasteiger partial charge in [-0.1, -0.05) is 129 Å². The second-order valence-corrected chi connectivity index (χ2v) is 19.2. The molecule has 2 aromatic carbocycles. The van der Waals surface area contributed by atoms with Crippen molar-refractivity contribution >= 4 is 37.8 Å². The Labute approximate surface area is 255 Å². The van der Waals surface area contributed by atoms with Gasteiger partial charge in [-0.2, -0.15) is 0 Å². The highest BCUT2D eigenvalue weighted by atomic mass is 31.1. The molecule has 0 unspecified atom stereocenters. The molecule has 1 nitrogen and oxygen atoms in total. The fraction of sp³-hybridized carbons (Fsp3) is 0.684. The first-order valence-corrected chi connectivity index (χ1v) is 20.8. The molecule has 0 amide bonds. The molecule has 0 aliphatic heterocycles. The summed E-state index contributed by atoms with van der Waals surface area (Å²) in [6, 6.07) is 19.7. The second-order valence-electron chi connectivity index (χ2n) is 13.7. The summed E-state index contributed by atoms with van der Waals surface area (Å²) < 4.78 is 0. The molecule has 6 rings (SSSR count). The number of nitrogens with zero attached hydrogens (tertiary/aromatic N) is 1. The Kier molecular flexibility index (Phi) is 11.2. The van der Waals surface area contributed by atoms with E-state index in [9.17, 15) is 0 Å². The minimum absolute atomic E-state index is 0.127. The second kappa shape index (κ2) is 15.2. The third-order valence-electron chi connectivity index (χ3n) is 11.1. The zero-order chi connectivity index (χ0) is 27.9. The molecule has 4 aliphatic carbocycles. The lowest BCUT2D eigenvalue weighted by Gasteiger charge is -2.42. The fourth-order valence-electron chi connectivity index (χ4n) is 9.11. The summed E-state index contributed by atoms with van der Waals surface area (Å²) in [5, 5.41) is 3.52. The van der Waals surface area contributed by atoms with Crippen LogP contribution in [0.1, 0.15) is 135 Å². The minimum Gasteiger partial charge on any atom is -0.341 e. The van der Waals surface area contributed by atoms with Gasteiger partial charge in [0, 0.05) is 28.5 Å². The van der Waals surface area contributed by atoms with E-state index in [1.165, 1.54) is 128 Å². The van der Waals surface area contributed by atoms with Crippen molar-refractivity contribution in [2.24, 2.45) is 0 Å². The Morgan fingerprint density at radius 1 is 0.463 bits per heavy atom. The molecule has 0 saturated heterocycles. The third-order valence-corrected chi connectivity index (χ3v) is 18.2. The average Bonchev–Trinajstić information content (AvgIpc) is 3.05. The molecule has 2 aromatic rings. The van der Waals surface area contributed by atoms with Crippen LogP contribution in [0.5, 0.6) is 0 Å². The quantitative estimate of drug-likeness (QED) is 0.263. The van der Waals surface area contributed by atoms with Crippen LogP contribution in [0, 0.1) is 0 Å². The van der Waals surface area contributed by atoms with Crippen molar-refractivity contribution in [1.82, 2.24) is 0 Å². The van der Waals surface area contributed by atoms with Gasteiger partial charge in [0.15, 0.2) is 0 Å². The SMILES string of the molecule is CCN(c1ccccc1P(C1CCCCC1)C1CCCCC1)c1ccccc1P(C1CCCCC1)C1CCCCC1. The van der Waals surface area contributed by atoms with E-state index < -0.39 is 0 Å². The molecule has 3 heteroatoms. The van der Waals surface area contributed by atoms with Crippen LogP contribution in [0.25, 0.3) is 0 Å². The molecule has 0 aromatic heterocycles. The molecular weight excluding hydrogens is 532 g/mol. The van der Waals surface area contributed by atoms with E-state index in [0.29, 0.717) is 0 Å². The maximum Gasteiger partial charge on any atom is 0.0489 e. The first-order valence-electron chi connectivity index (χ1n) is 17.9. The molecule has 4 fully saturated rings. The van der Waals surface area contributed by atoms with E-state index in [1.807, 2.05) is 0 Å². The summed E-state index contributed by atoms with van der Waals surface area (Å²) in [5.41, 5.74) is 6.92. The van der Waals surface area contributed by atoms with Gasteiger partial charge in [-0.15, -0.1) is 0 Å².